The third-order valence-corrected chi connectivity index (χ3v) is 11.4. The second-order valence-corrected chi connectivity index (χ2v) is 15.8. The van der Waals surface area contributed by atoms with E-state index in [4.69, 9.17) is 17.0 Å². The van der Waals surface area contributed by atoms with Gasteiger partial charge in [-0.1, -0.05) is 13.0 Å². The van der Waals surface area contributed by atoms with Gasteiger partial charge in [0.1, 0.15) is 23.9 Å². The highest BCUT2D eigenvalue weighted by atomic mass is 32.1. The monoisotopic (exact) mass is 832 g/mol. The summed E-state index contributed by atoms with van der Waals surface area (Å²) in [6, 6.07) is 16.4. The number of carbonyl (C=O) groups excluding carboxylic acids is 4. The van der Waals surface area contributed by atoms with E-state index in [0.717, 1.165) is 35.7 Å². The molecule has 3 N–H and O–H groups in total. The van der Waals surface area contributed by atoms with Gasteiger partial charge in [-0.25, -0.2) is 0 Å². The SMILES string of the molecule is CCc1cc(N2C(=S)N(c3ccc(C#N)c(C(F)(F)F)c3)C(=O)C2(C)C)ccc1OCCN1CCN([C@H](C)C(=O)Nc2cccc(NC3CCC(=O)NC3=O)c2)C(C)C1. The predicted molar refractivity (Wildman–Crippen MR) is 221 cm³/mol. The third kappa shape index (κ3) is 9.19. The molecule has 0 aliphatic carbocycles. The first-order chi connectivity index (χ1) is 27.9. The molecule has 3 aliphatic heterocycles. The molecule has 3 fully saturated rings. The molecule has 3 heterocycles. The number of piperazine rings is 1. The second-order valence-electron chi connectivity index (χ2n) is 15.4. The lowest BCUT2D eigenvalue weighted by Gasteiger charge is -2.42. The standard InChI is InChI=1S/C42H47F3N8O5S/c1-6-27-20-32(53-40(59)52(39(57)41(53,4)5)31-11-10-28(23-46)33(22-31)42(43,44)45)12-14-35(27)58-19-18-50-16-17-51(25(2)24-50)26(3)37(55)48-30-9-7-8-29(21-30)47-34-13-15-36(54)49-38(34)56/h7-12,14,20-22,25-26,34,47H,6,13,15-19,24H2,1-5H3,(H,48,55)(H,49,54,56)/t25?,26-,34?/m1/s1. The summed E-state index contributed by atoms with van der Waals surface area (Å²) >= 11 is 5.72. The molecule has 13 nitrogen and oxygen atoms in total. The highest BCUT2D eigenvalue weighted by Crippen LogP contribution is 2.40. The van der Waals surface area contributed by atoms with Gasteiger partial charge in [0, 0.05) is 55.7 Å². The van der Waals surface area contributed by atoms with E-state index >= 15 is 0 Å². The molecule has 3 atom stereocenters. The minimum atomic E-state index is -4.80. The smallest absolute Gasteiger partial charge is 0.417 e. The molecule has 3 saturated heterocycles. The number of thiocarbonyl (C=S) groups is 1. The quantitative estimate of drug-likeness (QED) is 0.153. The Kier molecular flexibility index (Phi) is 12.6. The number of ether oxygens (including phenoxy) is 1. The second kappa shape index (κ2) is 17.3. The number of amides is 4. The summed E-state index contributed by atoms with van der Waals surface area (Å²) < 4.78 is 47.6. The number of benzene rings is 3. The number of halogens is 3. The van der Waals surface area contributed by atoms with E-state index in [-0.39, 0.29) is 41.0 Å². The van der Waals surface area contributed by atoms with E-state index in [2.05, 4.69) is 32.7 Å². The number of aryl methyl sites for hydroxylation is 1. The minimum Gasteiger partial charge on any atom is -0.492 e. The lowest BCUT2D eigenvalue weighted by molar-refractivity contribution is -0.138. The molecule has 3 aromatic carbocycles. The van der Waals surface area contributed by atoms with Crippen LogP contribution in [-0.2, 0) is 31.8 Å². The van der Waals surface area contributed by atoms with E-state index in [0.29, 0.717) is 55.3 Å². The zero-order valence-electron chi connectivity index (χ0n) is 33.5. The summed E-state index contributed by atoms with van der Waals surface area (Å²) in [5.74, 6) is -0.646. The van der Waals surface area contributed by atoms with Crippen LogP contribution in [0.25, 0.3) is 0 Å². The fourth-order valence-electron chi connectivity index (χ4n) is 7.81. The molecule has 0 radical (unpaired) electrons. The zero-order chi connectivity index (χ0) is 42.8. The van der Waals surface area contributed by atoms with Crippen molar-refractivity contribution < 1.29 is 37.1 Å². The molecule has 3 aliphatic rings. The van der Waals surface area contributed by atoms with Crippen molar-refractivity contribution in [1.29, 1.82) is 5.26 Å². The average Bonchev–Trinajstić information content (AvgIpc) is 3.37. The van der Waals surface area contributed by atoms with Crippen molar-refractivity contribution in [3.63, 3.8) is 0 Å². The number of carbonyl (C=O) groups is 4. The number of rotatable bonds is 12. The maximum Gasteiger partial charge on any atom is 0.417 e. The van der Waals surface area contributed by atoms with Gasteiger partial charge in [-0.15, -0.1) is 0 Å². The minimum absolute atomic E-state index is 0.0159. The first-order valence-electron chi connectivity index (χ1n) is 19.5. The number of anilines is 4. The third-order valence-electron chi connectivity index (χ3n) is 11.1. The zero-order valence-corrected chi connectivity index (χ0v) is 34.3. The Labute approximate surface area is 346 Å². The number of hydrogen-bond acceptors (Lipinski definition) is 10. The van der Waals surface area contributed by atoms with Crippen LogP contribution in [0.4, 0.5) is 35.9 Å². The highest BCUT2D eigenvalue weighted by molar-refractivity contribution is 7.81. The molecular formula is C42H47F3N8O5S. The van der Waals surface area contributed by atoms with Crippen molar-refractivity contribution in [2.75, 3.05) is 53.2 Å². The van der Waals surface area contributed by atoms with Crippen LogP contribution >= 0.6 is 12.2 Å². The number of nitrogens with zero attached hydrogens (tertiary/aromatic N) is 5. The Morgan fingerprint density at radius 2 is 1.80 bits per heavy atom. The molecule has 2 unspecified atom stereocenters. The molecule has 59 heavy (non-hydrogen) atoms. The molecule has 17 heteroatoms. The van der Waals surface area contributed by atoms with Crippen LogP contribution in [-0.4, -0.2) is 95.0 Å². The summed E-state index contributed by atoms with van der Waals surface area (Å²) in [4.78, 5) is 57.9. The van der Waals surface area contributed by atoms with Crippen molar-refractivity contribution in [1.82, 2.24) is 15.1 Å². The fourth-order valence-corrected chi connectivity index (χ4v) is 8.33. The van der Waals surface area contributed by atoms with Crippen molar-refractivity contribution in [3.8, 4) is 11.8 Å². The molecule has 312 valence electrons. The summed E-state index contributed by atoms with van der Waals surface area (Å²) in [5, 5.41) is 17.7. The number of hydrogen-bond donors (Lipinski definition) is 3. The topological polar surface area (TPSA) is 150 Å². The van der Waals surface area contributed by atoms with Gasteiger partial charge in [0.15, 0.2) is 5.11 Å². The lowest BCUT2D eigenvalue weighted by atomic mass is 10.0. The van der Waals surface area contributed by atoms with E-state index in [1.807, 2.05) is 26.0 Å². The highest BCUT2D eigenvalue weighted by Gasteiger charge is 2.51. The van der Waals surface area contributed by atoms with Crippen molar-refractivity contribution >= 4 is 63.7 Å². The van der Waals surface area contributed by atoms with Crippen molar-refractivity contribution in [2.24, 2.45) is 0 Å². The number of imide groups is 1. The molecule has 0 bridgehead atoms. The van der Waals surface area contributed by atoms with Crippen LogP contribution in [0.1, 0.15) is 64.2 Å². The van der Waals surface area contributed by atoms with Crippen LogP contribution in [0.3, 0.4) is 0 Å². The Bertz CT molecular complexity index is 2190. The average molecular weight is 833 g/mol. The van der Waals surface area contributed by atoms with Crippen LogP contribution in [0, 0.1) is 11.3 Å². The van der Waals surface area contributed by atoms with Crippen LogP contribution in [0.2, 0.25) is 0 Å². The molecule has 0 spiro atoms. The van der Waals surface area contributed by atoms with Crippen molar-refractivity contribution in [3.05, 3.63) is 77.4 Å². The van der Waals surface area contributed by atoms with E-state index in [1.165, 1.54) is 6.07 Å². The van der Waals surface area contributed by atoms with Gasteiger partial charge < -0.3 is 20.3 Å². The van der Waals surface area contributed by atoms with Crippen LogP contribution in [0.15, 0.2) is 60.7 Å². The maximum atomic E-state index is 13.8. The first-order valence-corrected chi connectivity index (χ1v) is 19.9. The number of piperidine rings is 1. The Balaban J connectivity index is 1.03. The number of nitriles is 1. The van der Waals surface area contributed by atoms with Gasteiger partial charge in [0.2, 0.25) is 17.7 Å². The summed E-state index contributed by atoms with van der Waals surface area (Å²) in [6.07, 6.45) is -3.54. The van der Waals surface area contributed by atoms with E-state index in [9.17, 15) is 37.6 Å². The number of nitrogens with one attached hydrogen (secondary N) is 3. The van der Waals surface area contributed by atoms with E-state index in [1.54, 1.807) is 55.1 Å². The van der Waals surface area contributed by atoms with Gasteiger partial charge in [0.25, 0.3) is 5.91 Å². The van der Waals surface area contributed by atoms with Crippen LogP contribution < -0.4 is 30.5 Å². The summed E-state index contributed by atoms with van der Waals surface area (Å²) in [6.45, 7) is 12.4. The van der Waals surface area contributed by atoms with Gasteiger partial charge >= 0.3 is 6.18 Å². The van der Waals surface area contributed by atoms with Crippen molar-refractivity contribution in [2.45, 2.75) is 83.7 Å². The van der Waals surface area contributed by atoms with Crippen LogP contribution in [0.5, 0.6) is 5.75 Å². The van der Waals surface area contributed by atoms with Gasteiger partial charge in [0.05, 0.1) is 28.9 Å². The van der Waals surface area contributed by atoms with Gasteiger partial charge in [-0.2, -0.15) is 18.4 Å². The molecule has 0 aromatic heterocycles. The first kappa shape index (κ1) is 43.0. The van der Waals surface area contributed by atoms with Gasteiger partial charge in [-0.3, -0.25) is 39.2 Å². The molecule has 4 amide bonds. The predicted octanol–water partition coefficient (Wildman–Crippen LogP) is 5.69. The molecular weight excluding hydrogens is 786 g/mol. The largest absolute Gasteiger partial charge is 0.492 e. The summed E-state index contributed by atoms with van der Waals surface area (Å²) in [7, 11) is 0. The maximum absolute atomic E-state index is 13.8. The van der Waals surface area contributed by atoms with E-state index < -0.39 is 40.8 Å². The lowest BCUT2D eigenvalue weighted by Crippen LogP contribution is -2.57. The number of alkyl halides is 3. The van der Waals surface area contributed by atoms with Gasteiger partial charge in [-0.05, 0) is 113 Å². The Morgan fingerprint density at radius 1 is 1.07 bits per heavy atom. The summed E-state index contributed by atoms with van der Waals surface area (Å²) in [5.41, 5.74) is -0.290. The Morgan fingerprint density at radius 3 is 2.47 bits per heavy atom. The Hall–Kier alpha value is -5.57. The molecule has 3 aromatic rings. The molecule has 6 rings (SSSR count). The fraction of sp³-hybridized carbons (Fsp3) is 0.429. The normalized spacial score (nSPS) is 20.6. The molecule has 0 saturated carbocycles.